The van der Waals surface area contributed by atoms with E-state index in [-0.39, 0.29) is 12.3 Å². The molecule has 3 aromatic rings. The average Bonchev–Trinajstić information content (AvgIpc) is 2.73. The third kappa shape index (κ3) is 4.77. The zero-order valence-corrected chi connectivity index (χ0v) is 14.6. The van der Waals surface area contributed by atoms with Crippen LogP contribution in [0.3, 0.4) is 0 Å². The summed E-state index contributed by atoms with van der Waals surface area (Å²) in [7, 11) is 0. The van der Waals surface area contributed by atoms with E-state index in [4.69, 9.17) is 5.21 Å². The molecule has 1 heterocycles. The number of rotatable bonds is 6. The van der Waals surface area contributed by atoms with Crippen molar-refractivity contribution in [2.75, 3.05) is 0 Å². The summed E-state index contributed by atoms with van der Waals surface area (Å²) in [5.74, 6) is -0.634. The number of carbonyl (C=O) groups is 2. The van der Waals surface area contributed by atoms with E-state index >= 15 is 0 Å². The van der Waals surface area contributed by atoms with Gasteiger partial charge in [0.2, 0.25) is 5.91 Å². The first-order valence-electron chi connectivity index (χ1n) is 8.46. The van der Waals surface area contributed by atoms with Gasteiger partial charge < -0.3 is 5.32 Å². The molecule has 0 radical (unpaired) electrons. The van der Waals surface area contributed by atoms with Crippen molar-refractivity contribution in [3.8, 4) is 11.1 Å². The van der Waals surface area contributed by atoms with Crippen LogP contribution in [-0.2, 0) is 17.8 Å². The van der Waals surface area contributed by atoms with Crippen LogP contribution in [0.4, 0.5) is 0 Å². The Morgan fingerprint density at radius 2 is 1.74 bits per heavy atom. The third-order valence-corrected chi connectivity index (χ3v) is 4.14. The number of hydrogen-bond acceptors (Lipinski definition) is 4. The molecule has 3 N–H and O–H groups in total. The van der Waals surface area contributed by atoms with E-state index in [1.807, 2.05) is 30.3 Å². The monoisotopic (exact) mass is 361 g/mol. The topological polar surface area (TPSA) is 91.3 Å². The second kappa shape index (κ2) is 8.73. The van der Waals surface area contributed by atoms with E-state index in [1.54, 1.807) is 48.2 Å². The van der Waals surface area contributed by atoms with Gasteiger partial charge in [-0.3, -0.25) is 19.8 Å². The molecule has 0 saturated heterocycles. The summed E-state index contributed by atoms with van der Waals surface area (Å²) in [4.78, 5) is 27.6. The molecule has 0 unspecified atom stereocenters. The average molecular weight is 361 g/mol. The lowest BCUT2D eigenvalue weighted by Gasteiger charge is -2.11. The zero-order chi connectivity index (χ0) is 19.1. The van der Waals surface area contributed by atoms with Gasteiger partial charge in [-0.2, -0.15) is 0 Å². The van der Waals surface area contributed by atoms with E-state index in [0.29, 0.717) is 12.1 Å². The van der Waals surface area contributed by atoms with Crippen LogP contribution >= 0.6 is 0 Å². The summed E-state index contributed by atoms with van der Waals surface area (Å²) >= 11 is 0. The molecule has 0 fully saturated rings. The second-order valence-corrected chi connectivity index (χ2v) is 5.99. The van der Waals surface area contributed by atoms with Crippen molar-refractivity contribution >= 4 is 11.8 Å². The maximum absolute atomic E-state index is 12.2. The lowest BCUT2D eigenvalue weighted by Crippen LogP contribution is -2.24. The van der Waals surface area contributed by atoms with Gasteiger partial charge in [-0.05, 0) is 40.5 Å². The van der Waals surface area contributed by atoms with Crippen molar-refractivity contribution in [1.82, 2.24) is 15.8 Å². The summed E-state index contributed by atoms with van der Waals surface area (Å²) in [6.07, 6.45) is 3.63. The maximum atomic E-state index is 12.2. The van der Waals surface area contributed by atoms with Crippen molar-refractivity contribution in [3.63, 3.8) is 0 Å². The largest absolute Gasteiger partial charge is 0.352 e. The Bertz CT molecular complexity index is 925. The summed E-state index contributed by atoms with van der Waals surface area (Å²) in [6, 6.07) is 18.3. The molecule has 0 atom stereocenters. The highest BCUT2D eigenvalue weighted by Gasteiger charge is 2.09. The van der Waals surface area contributed by atoms with Gasteiger partial charge in [-0.15, -0.1) is 0 Å². The quantitative estimate of drug-likeness (QED) is 0.465. The van der Waals surface area contributed by atoms with Gasteiger partial charge >= 0.3 is 0 Å². The van der Waals surface area contributed by atoms with Crippen molar-refractivity contribution in [2.45, 2.75) is 13.0 Å². The van der Waals surface area contributed by atoms with Gasteiger partial charge in [-0.25, -0.2) is 5.48 Å². The summed E-state index contributed by atoms with van der Waals surface area (Å²) in [5.41, 5.74) is 5.69. The zero-order valence-electron chi connectivity index (χ0n) is 14.6. The number of nitrogens with zero attached hydrogens (tertiary/aromatic N) is 1. The number of amides is 2. The first kappa shape index (κ1) is 18.3. The Morgan fingerprint density at radius 1 is 0.963 bits per heavy atom. The molecule has 0 spiro atoms. The van der Waals surface area contributed by atoms with Crippen LogP contribution in [0.1, 0.15) is 21.5 Å². The third-order valence-electron chi connectivity index (χ3n) is 4.14. The summed E-state index contributed by atoms with van der Waals surface area (Å²) < 4.78 is 0. The number of nitrogens with one attached hydrogen (secondary N) is 2. The molecule has 27 heavy (non-hydrogen) atoms. The molecule has 1 aromatic heterocycles. The fourth-order valence-corrected chi connectivity index (χ4v) is 2.77. The predicted octanol–water partition coefficient (Wildman–Crippen LogP) is 2.73. The number of carbonyl (C=O) groups excluding carboxylic acids is 2. The highest BCUT2D eigenvalue weighted by atomic mass is 16.5. The Kier molecular flexibility index (Phi) is 5.91. The van der Waals surface area contributed by atoms with Gasteiger partial charge in [0.25, 0.3) is 5.91 Å². The van der Waals surface area contributed by atoms with E-state index in [9.17, 15) is 9.59 Å². The Hall–Kier alpha value is -3.51. The molecule has 136 valence electrons. The van der Waals surface area contributed by atoms with Gasteiger partial charge in [-0.1, -0.05) is 42.5 Å². The van der Waals surface area contributed by atoms with E-state index in [0.717, 1.165) is 22.3 Å². The number of aromatic nitrogens is 1. The van der Waals surface area contributed by atoms with Gasteiger partial charge in [0.1, 0.15) is 0 Å². The summed E-state index contributed by atoms with van der Waals surface area (Å²) in [6.45, 7) is 0.397. The molecule has 0 aliphatic carbocycles. The van der Waals surface area contributed by atoms with E-state index < -0.39 is 5.91 Å². The van der Waals surface area contributed by atoms with Crippen LogP contribution in [0, 0.1) is 0 Å². The van der Waals surface area contributed by atoms with Crippen LogP contribution in [0.15, 0.2) is 73.1 Å². The minimum atomic E-state index is -0.558. The fraction of sp³-hybridized carbons (Fsp3) is 0.0952. The molecular weight excluding hydrogens is 342 g/mol. The lowest BCUT2D eigenvalue weighted by molar-refractivity contribution is -0.120. The van der Waals surface area contributed by atoms with Crippen LogP contribution < -0.4 is 10.8 Å². The van der Waals surface area contributed by atoms with E-state index in [2.05, 4.69) is 10.3 Å². The van der Waals surface area contributed by atoms with Crippen molar-refractivity contribution < 1.29 is 14.8 Å². The number of hydroxylamine groups is 1. The lowest BCUT2D eigenvalue weighted by atomic mass is 9.98. The van der Waals surface area contributed by atoms with Crippen molar-refractivity contribution in [2.24, 2.45) is 0 Å². The molecule has 0 bridgehead atoms. The minimum Gasteiger partial charge on any atom is -0.352 e. The number of pyridine rings is 1. The Labute approximate surface area is 156 Å². The van der Waals surface area contributed by atoms with Crippen LogP contribution in [0.2, 0.25) is 0 Å². The minimum absolute atomic E-state index is 0.0761. The molecule has 2 aromatic carbocycles. The summed E-state index contributed by atoms with van der Waals surface area (Å²) in [5, 5.41) is 11.6. The Morgan fingerprint density at radius 3 is 2.44 bits per heavy atom. The normalized spacial score (nSPS) is 10.3. The first-order valence-corrected chi connectivity index (χ1v) is 8.46. The molecule has 0 saturated carbocycles. The molecule has 2 amide bonds. The van der Waals surface area contributed by atoms with Crippen molar-refractivity contribution in [1.29, 1.82) is 0 Å². The Balaban J connectivity index is 1.70. The van der Waals surface area contributed by atoms with Gasteiger partial charge in [0.15, 0.2) is 0 Å². The highest BCUT2D eigenvalue weighted by Crippen LogP contribution is 2.24. The van der Waals surface area contributed by atoms with Crippen molar-refractivity contribution in [3.05, 3.63) is 89.7 Å². The maximum Gasteiger partial charge on any atom is 0.274 e. The van der Waals surface area contributed by atoms with Crippen LogP contribution in [0.25, 0.3) is 11.1 Å². The smallest absolute Gasteiger partial charge is 0.274 e. The number of benzene rings is 2. The highest BCUT2D eigenvalue weighted by molar-refractivity contribution is 5.93. The predicted molar refractivity (Wildman–Crippen MR) is 101 cm³/mol. The fourth-order valence-electron chi connectivity index (χ4n) is 2.77. The van der Waals surface area contributed by atoms with Gasteiger partial charge in [0.05, 0.1) is 6.42 Å². The second-order valence-electron chi connectivity index (χ2n) is 5.99. The molecule has 3 rings (SSSR count). The SMILES string of the molecule is O=C(Cc1cccnc1)NCc1ccccc1-c1ccc(C(=O)NO)cc1. The first-order chi connectivity index (χ1) is 13.2. The molecule has 6 nitrogen and oxygen atoms in total. The van der Waals surface area contributed by atoms with Crippen LogP contribution in [-0.4, -0.2) is 22.0 Å². The molecule has 0 aliphatic heterocycles. The molecule has 0 aliphatic rings. The standard InChI is InChI=1S/C21H19N3O3/c25-20(12-15-4-3-11-22-13-15)23-14-18-5-1-2-6-19(18)16-7-9-17(10-8-16)21(26)24-27/h1-11,13,27H,12,14H2,(H,23,25)(H,24,26). The molecular formula is C21H19N3O3. The molecule has 6 heteroatoms. The van der Waals surface area contributed by atoms with Crippen LogP contribution in [0.5, 0.6) is 0 Å². The number of hydrogen-bond donors (Lipinski definition) is 3. The van der Waals surface area contributed by atoms with E-state index in [1.165, 1.54) is 0 Å². The van der Waals surface area contributed by atoms with Gasteiger partial charge in [0, 0.05) is 24.5 Å².